The molecule has 0 atom stereocenters. The zero-order chi connectivity index (χ0) is 14.8. The second-order valence-corrected chi connectivity index (χ2v) is 7.13. The van der Waals surface area contributed by atoms with E-state index in [-0.39, 0.29) is 11.3 Å². The van der Waals surface area contributed by atoms with Crippen molar-refractivity contribution in [3.05, 3.63) is 24.8 Å². The van der Waals surface area contributed by atoms with Gasteiger partial charge in [0.05, 0.1) is 11.7 Å². The molecule has 0 aliphatic heterocycles. The number of carbonyl (C=O) groups excluding carboxylic acids is 2. The maximum absolute atomic E-state index is 11.7. The van der Waals surface area contributed by atoms with Crippen LogP contribution in [0, 0.1) is 7.14 Å². The summed E-state index contributed by atoms with van der Waals surface area (Å²) in [6, 6.07) is 3.19. The maximum atomic E-state index is 11.7. The molecule has 0 aliphatic rings. The highest BCUT2D eigenvalue weighted by molar-refractivity contribution is 14.1. The Morgan fingerprint density at radius 1 is 1.26 bits per heavy atom. The van der Waals surface area contributed by atoms with Crippen LogP contribution in [0.3, 0.4) is 0 Å². The lowest BCUT2D eigenvalue weighted by Gasteiger charge is -2.21. The van der Waals surface area contributed by atoms with Crippen molar-refractivity contribution in [3.8, 4) is 0 Å². The predicted molar refractivity (Wildman–Crippen MR) is 86.1 cm³/mol. The Hall–Kier alpha value is -0.580. The van der Waals surface area contributed by atoms with Crippen molar-refractivity contribution in [1.29, 1.82) is 0 Å². The van der Waals surface area contributed by atoms with Crippen LogP contribution in [0.15, 0.2) is 12.1 Å². The lowest BCUT2D eigenvalue weighted by atomic mass is 10.2. The minimum absolute atomic E-state index is 0.0674. The number of carboxylic acid groups (broad SMARTS) is 1. The number of benzene rings is 1. The fourth-order valence-electron chi connectivity index (χ4n) is 1.27. The molecule has 1 N–H and O–H groups in total. The zero-order valence-corrected chi connectivity index (χ0v) is 14.9. The summed E-state index contributed by atoms with van der Waals surface area (Å²) in [4.78, 5) is 22.8. The molecule has 0 heterocycles. The minimum atomic E-state index is -1.34. The van der Waals surface area contributed by atoms with Crippen LogP contribution in [-0.2, 0) is 4.74 Å². The number of carbonyl (C=O) groups is 2. The average molecular weight is 488 g/mol. The van der Waals surface area contributed by atoms with Crippen LogP contribution in [0.1, 0.15) is 31.1 Å². The first-order valence-electron chi connectivity index (χ1n) is 5.30. The zero-order valence-electron chi connectivity index (χ0n) is 10.5. The third kappa shape index (κ3) is 5.13. The van der Waals surface area contributed by atoms with Gasteiger partial charge in [-0.1, -0.05) is 0 Å². The molecule has 104 valence electrons. The molecule has 0 spiro atoms. The number of amides is 1. The van der Waals surface area contributed by atoms with Crippen molar-refractivity contribution in [1.82, 2.24) is 0 Å². The van der Waals surface area contributed by atoms with E-state index in [1.807, 2.05) is 45.2 Å². The largest absolute Gasteiger partial charge is 0.545 e. The number of nitrogens with one attached hydrogen (secondary N) is 1. The van der Waals surface area contributed by atoms with Crippen molar-refractivity contribution in [3.63, 3.8) is 0 Å². The Bertz CT molecular complexity index is 523. The van der Waals surface area contributed by atoms with E-state index in [1.165, 1.54) is 6.07 Å². The molecule has 5 nitrogen and oxygen atoms in total. The van der Waals surface area contributed by atoms with E-state index in [0.29, 0.717) is 3.57 Å². The first-order chi connectivity index (χ1) is 8.60. The SMILES string of the molecule is CC(C)(C)OC(=O)Nc1c(I)cc(I)cc1C(=O)[O-]. The average Bonchev–Trinajstić information content (AvgIpc) is 2.18. The monoisotopic (exact) mass is 488 g/mol. The maximum Gasteiger partial charge on any atom is 0.412 e. The molecule has 1 amide bonds. The molecule has 1 aromatic rings. The van der Waals surface area contributed by atoms with E-state index < -0.39 is 17.7 Å². The third-order valence-electron chi connectivity index (χ3n) is 1.90. The Morgan fingerprint density at radius 2 is 1.84 bits per heavy atom. The van der Waals surface area contributed by atoms with Gasteiger partial charge in [-0.05, 0) is 78.1 Å². The fraction of sp³-hybridized carbons (Fsp3) is 0.333. The first-order valence-corrected chi connectivity index (χ1v) is 7.46. The van der Waals surface area contributed by atoms with Crippen LogP contribution in [0.25, 0.3) is 0 Å². The number of hydrogen-bond donors (Lipinski definition) is 1. The summed E-state index contributed by atoms with van der Waals surface area (Å²) in [7, 11) is 0. The van der Waals surface area contributed by atoms with E-state index in [1.54, 1.807) is 26.8 Å². The number of rotatable bonds is 2. The van der Waals surface area contributed by atoms with Crippen LogP contribution in [0.5, 0.6) is 0 Å². The lowest BCUT2D eigenvalue weighted by Crippen LogP contribution is -2.29. The molecule has 0 radical (unpaired) electrons. The highest BCUT2D eigenvalue weighted by Crippen LogP contribution is 2.26. The van der Waals surface area contributed by atoms with Crippen LogP contribution in [0.4, 0.5) is 10.5 Å². The normalized spacial score (nSPS) is 11.0. The van der Waals surface area contributed by atoms with E-state index in [0.717, 1.165) is 3.57 Å². The van der Waals surface area contributed by atoms with Gasteiger partial charge in [0, 0.05) is 12.7 Å². The van der Waals surface area contributed by atoms with Crippen molar-refractivity contribution in [2.24, 2.45) is 0 Å². The molecule has 0 saturated carbocycles. The Morgan fingerprint density at radius 3 is 2.32 bits per heavy atom. The third-order valence-corrected chi connectivity index (χ3v) is 3.37. The molecule has 0 saturated heterocycles. The van der Waals surface area contributed by atoms with Crippen molar-refractivity contribution >= 4 is 62.9 Å². The molecule has 0 fully saturated rings. The molecule has 1 aromatic carbocycles. The highest BCUT2D eigenvalue weighted by atomic mass is 127. The van der Waals surface area contributed by atoms with Crippen LogP contribution in [0.2, 0.25) is 0 Å². The van der Waals surface area contributed by atoms with Crippen LogP contribution in [-0.4, -0.2) is 17.7 Å². The van der Waals surface area contributed by atoms with Gasteiger partial charge in [0.1, 0.15) is 5.60 Å². The second-order valence-electron chi connectivity index (χ2n) is 4.72. The van der Waals surface area contributed by atoms with Crippen molar-refractivity contribution < 1.29 is 19.4 Å². The van der Waals surface area contributed by atoms with Gasteiger partial charge < -0.3 is 14.6 Å². The van der Waals surface area contributed by atoms with Gasteiger partial charge >= 0.3 is 6.09 Å². The van der Waals surface area contributed by atoms with Gasteiger partial charge in [-0.3, -0.25) is 5.32 Å². The van der Waals surface area contributed by atoms with Gasteiger partial charge in [0.25, 0.3) is 0 Å². The van der Waals surface area contributed by atoms with Gasteiger partial charge in [0.15, 0.2) is 0 Å². The van der Waals surface area contributed by atoms with Gasteiger partial charge in [-0.25, -0.2) is 4.79 Å². The number of aromatic carboxylic acids is 1. The predicted octanol–water partition coefficient (Wildman–Crippen LogP) is 2.61. The molecule has 0 bridgehead atoms. The molecule has 0 aromatic heterocycles. The minimum Gasteiger partial charge on any atom is -0.545 e. The van der Waals surface area contributed by atoms with E-state index in [9.17, 15) is 14.7 Å². The summed E-state index contributed by atoms with van der Waals surface area (Å²) in [5.74, 6) is -1.34. The number of carboxylic acids is 1. The van der Waals surface area contributed by atoms with E-state index in [4.69, 9.17) is 4.74 Å². The van der Waals surface area contributed by atoms with Gasteiger partial charge in [0.2, 0.25) is 0 Å². The summed E-state index contributed by atoms with van der Waals surface area (Å²) in [5.41, 5.74) is -0.530. The summed E-state index contributed by atoms with van der Waals surface area (Å²) >= 11 is 3.95. The second kappa shape index (κ2) is 6.25. The Balaban J connectivity index is 3.07. The van der Waals surface area contributed by atoms with Gasteiger partial charge in [-0.2, -0.15) is 0 Å². The van der Waals surface area contributed by atoms with Crippen molar-refractivity contribution in [2.45, 2.75) is 26.4 Å². The van der Waals surface area contributed by atoms with Gasteiger partial charge in [-0.15, -0.1) is 0 Å². The number of ether oxygens (including phenoxy) is 1. The molecule has 0 aliphatic carbocycles. The highest BCUT2D eigenvalue weighted by Gasteiger charge is 2.19. The molecule has 1 rings (SSSR count). The smallest absolute Gasteiger partial charge is 0.412 e. The standard InChI is InChI=1S/C12H13I2NO4/c1-12(2,3)19-11(18)15-9-7(10(16)17)4-6(13)5-8(9)14/h4-5H,1-3H3,(H,15,18)(H,16,17)/p-1. The van der Waals surface area contributed by atoms with Crippen LogP contribution < -0.4 is 10.4 Å². The first kappa shape index (κ1) is 16.5. The number of halogens is 2. The summed E-state index contributed by atoms with van der Waals surface area (Å²) in [5, 5.41) is 13.5. The Labute approximate surface area is 138 Å². The van der Waals surface area contributed by atoms with Crippen LogP contribution >= 0.6 is 45.2 Å². The van der Waals surface area contributed by atoms with Crippen molar-refractivity contribution in [2.75, 3.05) is 5.32 Å². The van der Waals surface area contributed by atoms with E-state index in [2.05, 4.69) is 5.32 Å². The fourth-order valence-corrected chi connectivity index (χ4v) is 3.25. The lowest BCUT2D eigenvalue weighted by molar-refractivity contribution is -0.254. The number of anilines is 1. The summed E-state index contributed by atoms with van der Waals surface area (Å²) in [6.07, 6.45) is -0.700. The van der Waals surface area contributed by atoms with E-state index >= 15 is 0 Å². The molecule has 19 heavy (non-hydrogen) atoms. The number of hydrogen-bond acceptors (Lipinski definition) is 4. The molecule has 7 heteroatoms. The Kier molecular flexibility index (Phi) is 5.42. The molecule has 0 unspecified atom stereocenters. The molecular formula is C12H12I2NO4-. The quantitative estimate of drug-likeness (QED) is 0.650. The molecular weight excluding hydrogens is 476 g/mol. The summed E-state index contributed by atoms with van der Waals surface area (Å²) in [6.45, 7) is 5.18. The summed E-state index contributed by atoms with van der Waals surface area (Å²) < 4.78 is 6.45. The topological polar surface area (TPSA) is 78.5 Å².